The maximum atomic E-state index is 11.7. The zero-order chi connectivity index (χ0) is 15.5. The Hall–Kier alpha value is -1.27. The lowest BCUT2D eigenvalue weighted by Gasteiger charge is -2.24. The predicted octanol–water partition coefficient (Wildman–Crippen LogP) is 2.43. The second kappa shape index (κ2) is 6.66. The maximum Gasteiger partial charge on any atom is 0.264 e. The number of carbonyl (C=O) groups excluding carboxylic acids is 1. The number of halogens is 1. The molecular formula is C14H18ClNO4S. The average molecular weight is 332 g/mol. The molecule has 1 aromatic carbocycles. The highest BCUT2D eigenvalue weighted by Gasteiger charge is 2.21. The Morgan fingerprint density at radius 1 is 1.43 bits per heavy atom. The van der Waals surface area contributed by atoms with Gasteiger partial charge in [0, 0.05) is 23.6 Å². The third-order valence-electron chi connectivity index (χ3n) is 3.68. The van der Waals surface area contributed by atoms with Gasteiger partial charge in [0.15, 0.2) is 0 Å². The summed E-state index contributed by atoms with van der Waals surface area (Å²) in [7, 11) is 2.87. The van der Waals surface area contributed by atoms with Gasteiger partial charge in [0.25, 0.3) is 9.05 Å². The molecule has 21 heavy (non-hydrogen) atoms. The number of amides is 1. The van der Waals surface area contributed by atoms with Crippen LogP contribution in [-0.4, -0.2) is 21.4 Å². The van der Waals surface area contributed by atoms with E-state index in [0.717, 1.165) is 12.8 Å². The molecule has 7 heteroatoms. The number of benzene rings is 1. The van der Waals surface area contributed by atoms with Crippen molar-refractivity contribution >= 4 is 25.6 Å². The fraction of sp³-hybridized carbons (Fsp3) is 0.500. The van der Waals surface area contributed by atoms with E-state index < -0.39 is 9.05 Å². The van der Waals surface area contributed by atoms with Gasteiger partial charge >= 0.3 is 0 Å². The molecular weight excluding hydrogens is 314 g/mol. The molecule has 0 aliphatic heterocycles. The van der Waals surface area contributed by atoms with Crippen molar-refractivity contribution in [3.63, 3.8) is 0 Å². The normalized spacial score (nSPS) is 15.3. The van der Waals surface area contributed by atoms with Gasteiger partial charge < -0.3 is 10.1 Å². The van der Waals surface area contributed by atoms with Gasteiger partial charge in [0.2, 0.25) is 5.91 Å². The summed E-state index contributed by atoms with van der Waals surface area (Å²) in [6.07, 6.45) is 3.97. The zero-order valence-corrected chi connectivity index (χ0v) is 13.3. The van der Waals surface area contributed by atoms with E-state index in [4.69, 9.17) is 15.4 Å². The zero-order valence-electron chi connectivity index (χ0n) is 11.8. The largest absolute Gasteiger partial charge is 0.495 e. The third-order valence-corrected chi connectivity index (χ3v) is 5.02. The Morgan fingerprint density at radius 3 is 2.67 bits per heavy atom. The monoisotopic (exact) mass is 331 g/mol. The molecule has 0 saturated heterocycles. The van der Waals surface area contributed by atoms with Crippen LogP contribution in [-0.2, 0) is 20.4 Å². The van der Waals surface area contributed by atoms with E-state index in [0.29, 0.717) is 17.9 Å². The molecule has 1 aliphatic rings. The molecule has 5 nitrogen and oxygen atoms in total. The van der Waals surface area contributed by atoms with E-state index in [2.05, 4.69) is 5.32 Å². The molecule has 0 radical (unpaired) electrons. The van der Waals surface area contributed by atoms with Gasteiger partial charge in [-0.05, 0) is 36.5 Å². The highest BCUT2D eigenvalue weighted by molar-refractivity contribution is 8.13. The van der Waals surface area contributed by atoms with E-state index in [9.17, 15) is 13.2 Å². The number of ether oxygens (including phenoxy) is 1. The van der Waals surface area contributed by atoms with E-state index >= 15 is 0 Å². The molecule has 1 amide bonds. The molecule has 0 spiro atoms. The van der Waals surface area contributed by atoms with Crippen LogP contribution in [0.4, 0.5) is 0 Å². The summed E-state index contributed by atoms with van der Waals surface area (Å²) in [5, 5.41) is 2.80. The molecule has 1 fully saturated rings. The lowest BCUT2D eigenvalue weighted by molar-refractivity contribution is -0.122. The van der Waals surface area contributed by atoms with Crippen molar-refractivity contribution in [3.8, 4) is 5.75 Å². The minimum Gasteiger partial charge on any atom is -0.495 e. The Bertz CT molecular complexity index is 626. The number of hydrogen-bond acceptors (Lipinski definition) is 4. The SMILES string of the molecule is COc1ccc(CNC(=O)CC2CCC2)cc1S(=O)(=O)Cl. The minimum absolute atomic E-state index is 0.00852. The van der Waals surface area contributed by atoms with Gasteiger partial charge in [0.1, 0.15) is 10.6 Å². The van der Waals surface area contributed by atoms with Crippen molar-refractivity contribution in [2.75, 3.05) is 7.11 Å². The number of hydrogen-bond donors (Lipinski definition) is 1. The third kappa shape index (κ3) is 4.35. The van der Waals surface area contributed by atoms with Crippen LogP contribution in [0, 0.1) is 5.92 Å². The van der Waals surface area contributed by atoms with Gasteiger partial charge in [-0.15, -0.1) is 0 Å². The summed E-state index contributed by atoms with van der Waals surface area (Å²) in [6, 6.07) is 4.65. The molecule has 0 heterocycles. The summed E-state index contributed by atoms with van der Waals surface area (Å²) in [4.78, 5) is 11.7. The molecule has 0 bridgehead atoms. The van der Waals surface area contributed by atoms with E-state index in [1.165, 1.54) is 25.7 Å². The highest BCUT2D eigenvalue weighted by atomic mass is 35.7. The summed E-state index contributed by atoms with van der Waals surface area (Å²) >= 11 is 0. The molecule has 1 aliphatic carbocycles. The fourth-order valence-corrected chi connectivity index (χ4v) is 3.30. The Labute approximate surface area is 129 Å². The molecule has 0 aromatic heterocycles. The minimum atomic E-state index is -3.89. The standard InChI is InChI=1S/C14H18ClNO4S/c1-20-12-6-5-11(7-13(12)21(15,18)19)9-16-14(17)8-10-3-2-4-10/h5-7,10H,2-4,8-9H2,1H3,(H,16,17). The summed E-state index contributed by atoms with van der Waals surface area (Å²) in [6.45, 7) is 0.273. The quantitative estimate of drug-likeness (QED) is 0.813. The summed E-state index contributed by atoms with van der Waals surface area (Å²) in [5.41, 5.74) is 0.664. The highest BCUT2D eigenvalue weighted by Crippen LogP contribution is 2.29. The lowest BCUT2D eigenvalue weighted by atomic mass is 9.83. The van der Waals surface area contributed by atoms with Crippen LogP contribution in [0.5, 0.6) is 5.75 Å². The van der Waals surface area contributed by atoms with Crippen molar-refractivity contribution in [2.24, 2.45) is 5.92 Å². The fourth-order valence-electron chi connectivity index (χ4n) is 2.25. The number of nitrogens with one attached hydrogen (secondary N) is 1. The predicted molar refractivity (Wildman–Crippen MR) is 79.8 cm³/mol. The Balaban J connectivity index is 2.01. The smallest absolute Gasteiger partial charge is 0.264 e. The molecule has 0 atom stereocenters. The van der Waals surface area contributed by atoms with Crippen molar-refractivity contribution < 1.29 is 17.9 Å². The molecule has 1 aromatic rings. The summed E-state index contributed by atoms with van der Waals surface area (Å²) < 4.78 is 28.0. The first-order valence-corrected chi connectivity index (χ1v) is 9.09. The van der Waals surface area contributed by atoms with Crippen molar-refractivity contribution in [2.45, 2.75) is 37.1 Å². The van der Waals surface area contributed by atoms with Gasteiger partial charge in [-0.3, -0.25) is 4.79 Å². The first-order valence-electron chi connectivity index (χ1n) is 6.78. The lowest BCUT2D eigenvalue weighted by Crippen LogP contribution is -2.27. The van der Waals surface area contributed by atoms with Gasteiger partial charge in [0.05, 0.1) is 7.11 Å². The van der Waals surface area contributed by atoms with Crippen LogP contribution in [0.2, 0.25) is 0 Å². The molecule has 1 N–H and O–H groups in total. The number of methoxy groups -OCH3 is 1. The average Bonchev–Trinajstić information content (AvgIpc) is 2.39. The first-order chi connectivity index (χ1) is 9.90. The molecule has 2 rings (SSSR count). The van der Waals surface area contributed by atoms with E-state index in [1.807, 2.05) is 0 Å². The Kier molecular flexibility index (Phi) is 5.11. The van der Waals surface area contributed by atoms with E-state index in [1.54, 1.807) is 6.07 Å². The van der Waals surface area contributed by atoms with Gasteiger partial charge in [-0.25, -0.2) is 8.42 Å². The van der Waals surface area contributed by atoms with E-state index in [-0.39, 0.29) is 23.1 Å². The maximum absolute atomic E-state index is 11.7. The van der Waals surface area contributed by atoms with Gasteiger partial charge in [-0.2, -0.15) is 0 Å². The molecule has 0 unspecified atom stereocenters. The summed E-state index contributed by atoms with van der Waals surface area (Å²) in [5.74, 6) is 0.681. The van der Waals surface area contributed by atoms with Crippen LogP contribution in [0.25, 0.3) is 0 Å². The van der Waals surface area contributed by atoms with Crippen molar-refractivity contribution in [1.82, 2.24) is 5.32 Å². The second-order valence-electron chi connectivity index (χ2n) is 5.20. The van der Waals surface area contributed by atoms with Crippen molar-refractivity contribution in [1.29, 1.82) is 0 Å². The first kappa shape index (κ1) is 16.1. The van der Waals surface area contributed by atoms with Gasteiger partial charge in [-0.1, -0.05) is 12.5 Å². The second-order valence-corrected chi connectivity index (χ2v) is 7.74. The molecule has 116 valence electrons. The van der Waals surface area contributed by atoms with Crippen LogP contribution in [0.1, 0.15) is 31.2 Å². The number of rotatable bonds is 6. The van der Waals surface area contributed by atoms with Crippen LogP contribution in [0.3, 0.4) is 0 Å². The molecule has 1 saturated carbocycles. The van der Waals surface area contributed by atoms with Crippen LogP contribution < -0.4 is 10.1 Å². The van der Waals surface area contributed by atoms with Crippen molar-refractivity contribution in [3.05, 3.63) is 23.8 Å². The Morgan fingerprint density at radius 2 is 2.14 bits per heavy atom. The van der Waals surface area contributed by atoms with Crippen LogP contribution >= 0.6 is 10.7 Å². The van der Waals surface area contributed by atoms with Crippen LogP contribution in [0.15, 0.2) is 23.1 Å². The number of carbonyl (C=O) groups is 1. The topological polar surface area (TPSA) is 72.5 Å².